The maximum atomic E-state index is 2.64. The van der Waals surface area contributed by atoms with E-state index in [0.29, 0.717) is 35.5 Å². The summed E-state index contributed by atoms with van der Waals surface area (Å²) in [5, 5.41) is 2.82. The monoisotopic (exact) mass is 532 g/mol. The number of benzene rings is 5. The van der Waals surface area contributed by atoms with Crippen LogP contribution in [-0.4, -0.2) is 0 Å². The molecule has 196 valence electrons. The Bertz CT molecular complexity index is 1990. The second kappa shape index (κ2) is 7.58. The fourth-order valence-corrected chi connectivity index (χ4v) is 9.70. The summed E-state index contributed by atoms with van der Waals surface area (Å²) in [5.74, 6) is 2.13. The summed E-state index contributed by atoms with van der Waals surface area (Å²) in [6, 6.07) is 41.8. The van der Waals surface area contributed by atoms with Crippen molar-refractivity contribution in [3.8, 4) is 0 Å². The van der Waals surface area contributed by atoms with E-state index in [1.807, 2.05) is 0 Å². The molecule has 0 saturated heterocycles. The van der Waals surface area contributed by atoms with E-state index in [0.717, 1.165) is 0 Å². The van der Waals surface area contributed by atoms with Crippen LogP contribution in [0.2, 0.25) is 0 Å². The first kappa shape index (κ1) is 22.0. The molecule has 0 aromatic heterocycles. The second-order valence-corrected chi connectivity index (χ2v) is 13.1. The standard InChI is InChI=1S/C42H28/c1-2-10-28-27(9-1)39-29-11-3-4-12-30(29)40(28)36-20-24-18-26-22-38-37(21-25(26)17-23(24)19-35(36)39)41-31-13-5-7-15-33(31)42(38)34-16-8-6-14-32(34)41/h1-24,39-42H. The first-order chi connectivity index (χ1) is 20.8. The minimum absolute atomic E-state index is 0.326. The molecular weight excluding hydrogens is 504 g/mol. The molecule has 8 aliphatic rings. The van der Waals surface area contributed by atoms with Gasteiger partial charge in [0.25, 0.3) is 0 Å². The second-order valence-electron chi connectivity index (χ2n) is 13.1. The highest BCUT2D eigenvalue weighted by Crippen LogP contribution is 2.60. The van der Waals surface area contributed by atoms with Gasteiger partial charge < -0.3 is 0 Å². The Morgan fingerprint density at radius 3 is 0.881 bits per heavy atom. The SMILES string of the molecule is C1=C2C(=CC3C=c4cc5c(cc4=CC13)C1c3ccccc3C5c3ccccc31)C1c3ccccc3C2c2ccccc21. The van der Waals surface area contributed by atoms with Crippen molar-refractivity contribution in [1.82, 2.24) is 0 Å². The number of hydrogen-bond donors (Lipinski definition) is 0. The molecule has 0 fully saturated rings. The van der Waals surface area contributed by atoms with Crippen molar-refractivity contribution in [1.29, 1.82) is 0 Å². The Labute approximate surface area is 245 Å². The summed E-state index contributed by atoms with van der Waals surface area (Å²) in [7, 11) is 0. The molecule has 42 heavy (non-hydrogen) atoms. The third-order valence-electron chi connectivity index (χ3n) is 11.3. The van der Waals surface area contributed by atoms with Crippen molar-refractivity contribution in [3.63, 3.8) is 0 Å². The lowest BCUT2D eigenvalue weighted by molar-refractivity contribution is 0.646. The zero-order chi connectivity index (χ0) is 27.1. The predicted octanol–water partition coefficient (Wildman–Crippen LogP) is 7.64. The Morgan fingerprint density at radius 2 is 0.571 bits per heavy atom. The van der Waals surface area contributed by atoms with Gasteiger partial charge in [-0.15, -0.1) is 0 Å². The average molecular weight is 533 g/mol. The van der Waals surface area contributed by atoms with E-state index in [1.165, 1.54) is 66.1 Å². The molecule has 0 spiro atoms. The fourth-order valence-electron chi connectivity index (χ4n) is 9.70. The molecule has 0 radical (unpaired) electrons. The maximum absolute atomic E-state index is 2.64. The van der Waals surface area contributed by atoms with Crippen LogP contribution in [0.3, 0.4) is 0 Å². The molecule has 5 aromatic rings. The van der Waals surface area contributed by atoms with Crippen molar-refractivity contribution in [2.75, 3.05) is 0 Å². The number of rotatable bonds is 0. The highest BCUT2D eigenvalue weighted by atomic mass is 14.5. The lowest BCUT2D eigenvalue weighted by atomic mass is 9.56. The van der Waals surface area contributed by atoms with E-state index >= 15 is 0 Å². The van der Waals surface area contributed by atoms with E-state index < -0.39 is 0 Å². The van der Waals surface area contributed by atoms with Gasteiger partial charge in [-0.05, 0) is 77.2 Å². The van der Waals surface area contributed by atoms with Crippen LogP contribution in [-0.2, 0) is 0 Å². The third-order valence-corrected chi connectivity index (χ3v) is 11.3. The zero-order valence-electron chi connectivity index (χ0n) is 23.2. The minimum atomic E-state index is 0.326. The minimum Gasteiger partial charge on any atom is -0.0722 e. The van der Waals surface area contributed by atoms with Crippen molar-refractivity contribution in [3.05, 3.63) is 199 Å². The Kier molecular flexibility index (Phi) is 3.97. The molecule has 8 aliphatic carbocycles. The summed E-state index contributed by atoms with van der Waals surface area (Å²) < 4.78 is 0. The van der Waals surface area contributed by atoms with Crippen LogP contribution in [0, 0.1) is 11.8 Å². The molecule has 0 saturated carbocycles. The van der Waals surface area contributed by atoms with Gasteiger partial charge >= 0.3 is 0 Å². The van der Waals surface area contributed by atoms with Gasteiger partial charge in [0.05, 0.1) is 0 Å². The van der Waals surface area contributed by atoms with Gasteiger partial charge in [0, 0.05) is 35.5 Å². The molecule has 4 bridgehead atoms. The quantitative estimate of drug-likeness (QED) is 0.188. The summed E-state index contributed by atoms with van der Waals surface area (Å²) in [6.07, 6.45) is 10.4. The first-order valence-electron chi connectivity index (χ1n) is 15.5. The molecule has 0 heteroatoms. The van der Waals surface area contributed by atoms with Crippen molar-refractivity contribution in [2.24, 2.45) is 11.8 Å². The van der Waals surface area contributed by atoms with E-state index in [2.05, 4.69) is 133 Å². The Morgan fingerprint density at radius 1 is 0.286 bits per heavy atom. The van der Waals surface area contributed by atoms with Crippen LogP contribution in [0.1, 0.15) is 79.3 Å². The smallest absolute Gasteiger partial charge is 0.0349 e. The van der Waals surface area contributed by atoms with E-state index in [-0.39, 0.29) is 0 Å². The average Bonchev–Trinajstić information content (AvgIpc) is 3.05. The molecule has 5 aromatic carbocycles. The van der Waals surface area contributed by atoms with Crippen molar-refractivity contribution in [2.45, 2.75) is 23.7 Å². The van der Waals surface area contributed by atoms with Gasteiger partial charge in [-0.1, -0.05) is 133 Å². The number of fused-ring (bicyclic) bond motifs is 2. The Balaban J connectivity index is 1.12. The van der Waals surface area contributed by atoms with Crippen molar-refractivity contribution < 1.29 is 0 Å². The van der Waals surface area contributed by atoms with Gasteiger partial charge in [0.1, 0.15) is 0 Å². The highest BCUT2D eigenvalue weighted by Gasteiger charge is 2.45. The largest absolute Gasteiger partial charge is 0.0722 e. The van der Waals surface area contributed by atoms with Gasteiger partial charge in [-0.3, -0.25) is 0 Å². The van der Waals surface area contributed by atoms with Crippen molar-refractivity contribution >= 4 is 12.2 Å². The molecule has 0 heterocycles. The fraction of sp³-hybridized carbons (Fsp3) is 0.143. The number of hydrogen-bond acceptors (Lipinski definition) is 0. The van der Waals surface area contributed by atoms with Crippen LogP contribution >= 0.6 is 0 Å². The van der Waals surface area contributed by atoms with Crippen LogP contribution in [0.15, 0.2) is 132 Å². The lowest BCUT2D eigenvalue weighted by Gasteiger charge is -2.47. The van der Waals surface area contributed by atoms with Gasteiger partial charge in [-0.2, -0.15) is 0 Å². The van der Waals surface area contributed by atoms with Crippen LogP contribution < -0.4 is 10.4 Å². The molecule has 0 aliphatic heterocycles. The summed E-state index contributed by atoms with van der Waals surface area (Å²) in [6.45, 7) is 0. The van der Waals surface area contributed by atoms with Gasteiger partial charge in [0.15, 0.2) is 0 Å². The van der Waals surface area contributed by atoms with Crippen LogP contribution in [0.25, 0.3) is 12.2 Å². The molecule has 0 N–H and O–H groups in total. The van der Waals surface area contributed by atoms with E-state index in [4.69, 9.17) is 0 Å². The molecular formula is C42H28. The van der Waals surface area contributed by atoms with Crippen LogP contribution in [0.4, 0.5) is 0 Å². The topological polar surface area (TPSA) is 0 Å². The van der Waals surface area contributed by atoms with E-state index in [1.54, 1.807) is 11.1 Å². The predicted molar refractivity (Wildman–Crippen MR) is 169 cm³/mol. The van der Waals surface area contributed by atoms with Gasteiger partial charge in [-0.25, -0.2) is 0 Å². The number of allylic oxidation sites excluding steroid dienone is 4. The normalized spacial score (nSPS) is 27.2. The summed E-state index contributed by atoms with van der Waals surface area (Å²) in [4.78, 5) is 0. The Hall–Kier alpha value is -4.68. The maximum Gasteiger partial charge on any atom is 0.0349 e. The lowest BCUT2D eigenvalue weighted by Crippen LogP contribution is -2.38. The third kappa shape index (κ3) is 2.57. The molecule has 2 atom stereocenters. The highest BCUT2D eigenvalue weighted by molar-refractivity contribution is 5.73. The molecule has 2 unspecified atom stereocenters. The molecule has 0 nitrogen and oxygen atoms in total. The molecule has 13 rings (SSSR count). The summed E-state index contributed by atoms with van der Waals surface area (Å²) in [5.41, 5.74) is 18.1. The first-order valence-corrected chi connectivity index (χ1v) is 15.5. The summed E-state index contributed by atoms with van der Waals surface area (Å²) >= 11 is 0. The van der Waals surface area contributed by atoms with Crippen LogP contribution in [0.5, 0.6) is 0 Å². The molecule has 0 amide bonds. The van der Waals surface area contributed by atoms with Gasteiger partial charge in [0.2, 0.25) is 0 Å². The van der Waals surface area contributed by atoms with E-state index in [9.17, 15) is 0 Å². The zero-order valence-corrected chi connectivity index (χ0v) is 23.2.